The van der Waals surface area contributed by atoms with Crippen molar-refractivity contribution < 1.29 is 4.74 Å². The predicted octanol–water partition coefficient (Wildman–Crippen LogP) is 3.08. The number of nitrogens with one attached hydrogen (secondary N) is 1. The molecule has 25 heavy (non-hydrogen) atoms. The molecule has 2 aromatic rings. The van der Waals surface area contributed by atoms with E-state index in [4.69, 9.17) is 9.72 Å². The Morgan fingerprint density at radius 3 is 3.04 bits per heavy atom. The van der Waals surface area contributed by atoms with Crippen LogP contribution in [-0.4, -0.2) is 45.7 Å². The SMILES string of the molecule is CCCNc1cccc(C2CN(Cc3nccn3CCC)CCO2)n1. The topological polar surface area (TPSA) is 55.2 Å². The number of hydrogen-bond acceptors (Lipinski definition) is 5. The van der Waals surface area contributed by atoms with Crippen LogP contribution in [0.2, 0.25) is 0 Å². The fourth-order valence-corrected chi connectivity index (χ4v) is 3.14. The third-order valence-corrected chi connectivity index (χ3v) is 4.44. The molecule has 0 aliphatic carbocycles. The number of nitrogens with zero attached hydrogens (tertiary/aromatic N) is 4. The van der Waals surface area contributed by atoms with Crippen molar-refractivity contribution in [3.05, 3.63) is 42.1 Å². The second kappa shape index (κ2) is 8.97. The van der Waals surface area contributed by atoms with E-state index >= 15 is 0 Å². The Balaban J connectivity index is 1.63. The van der Waals surface area contributed by atoms with Crippen molar-refractivity contribution in [3.8, 4) is 0 Å². The molecule has 1 aliphatic heterocycles. The number of anilines is 1. The van der Waals surface area contributed by atoms with Crippen LogP contribution in [0.1, 0.15) is 44.3 Å². The molecule has 0 saturated carbocycles. The van der Waals surface area contributed by atoms with Crippen molar-refractivity contribution in [1.82, 2.24) is 19.4 Å². The molecule has 1 aliphatic rings. The van der Waals surface area contributed by atoms with Crippen LogP contribution in [0, 0.1) is 0 Å². The van der Waals surface area contributed by atoms with Crippen LogP contribution >= 0.6 is 0 Å². The van der Waals surface area contributed by atoms with Gasteiger partial charge in [0.2, 0.25) is 0 Å². The fraction of sp³-hybridized carbons (Fsp3) is 0.579. The lowest BCUT2D eigenvalue weighted by molar-refractivity contribution is -0.0359. The first-order chi connectivity index (χ1) is 12.3. The van der Waals surface area contributed by atoms with Crippen molar-refractivity contribution >= 4 is 5.82 Å². The Kier molecular flexibility index (Phi) is 6.42. The average Bonchev–Trinajstić information content (AvgIpc) is 3.08. The molecular formula is C19H29N5O. The minimum atomic E-state index is 0.0201. The van der Waals surface area contributed by atoms with Gasteiger partial charge < -0.3 is 14.6 Å². The summed E-state index contributed by atoms with van der Waals surface area (Å²) < 4.78 is 8.24. The summed E-state index contributed by atoms with van der Waals surface area (Å²) in [6, 6.07) is 6.13. The zero-order valence-electron chi connectivity index (χ0n) is 15.3. The van der Waals surface area contributed by atoms with Crippen LogP contribution in [-0.2, 0) is 17.8 Å². The minimum Gasteiger partial charge on any atom is -0.370 e. The molecule has 0 spiro atoms. The van der Waals surface area contributed by atoms with E-state index in [2.05, 4.69) is 51.9 Å². The summed E-state index contributed by atoms with van der Waals surface area (Å²) in [6.45, 7) is 9.69. The van der Waals surface area contributed by atoms with E-state index in [1.54, 1.807) is 0 Å². The highest BCUT2D eigenvalue weighted by Crippen LogP contribution is 2.23. The Bertz CT molecular complexity index is 657. The van der Waals surface area contributed by atoms with Gasteiger partial charge in [0.1, 0.15) is 17.7 Å². The number of aromatic nitrogens is 3. The van der Waals surface area contributed by atoms with Gasteiger partial charge in [0, 0.05) is 38.6 Å². The maximum atomic E-state index is 5.99. The second-order valence-corrected chi connectivity index (χ2v) is 6.51. The van der Waals surface area contributed by atoms with Gasteiger partial charge in [-0.3, -0.25) is 4.90 Å². The zero-order chi connectivity index (χ0) is 17.5. The van der Waals surface area contributed by atoms with E-state index in [-0.39, 0.29) is 6.10 Å². The standard InChI is InChI=1S/C19H29N5O/c1-3-8-20-18-7-5-6-16(22-18)17-14-23(12-13-25-17)15-19-21-9-11-24(19)10-4-2/h5-7,9,11,17H,3-4,8,10,12-15H2,1-2H3,(H,20,22). The van der Waals surface area contributed by atoms with Gasteiger partial charge in [0.15, 0.2) is 0 Å². The monoisotopic (exact) mass is 343 g/mol. The Hall–Kier alpha value is -1.92. The number of aryl methyl sites for hydroxylation is 1. The average molecular weight is 343 g/mol. The van der Waals surface area contributed by atoms with Crippen molar-refractivity contribution in [3.63, 3.8) is 0 Å². The Labute approximate surface area is 150 Å². The molecule has 3 rings (SSSR count). The summed E-state index contributed by atoms with van der Waals surface area (Å²) in [4.78, 5) is 11.7. The summed E-state index contributed by atoms with van der Waals surface area (Å²) in [6.07, 6.45) is 6.20. The van der Waals surface area contributed by atoms with E-state index in [0.29, 0.717) is 0 Å². The molecule has 2 aromatic heterocycles. The van der Waals surface area contributed by atoms with Crippen molar-refractivity contribution in [2.24, 2.45) is 0 Å². The lowest BCUT2D eigenvalue weighted by Gasteiger charge is -2.32. The predicted molar refractivity (Wildman–Crippen MR) is 99.5 cm³/mol. The number of imidazole rings is 1. The largest absolute Gasteiger partial charge is 0.370 e. The highest BCUT2D eigenvalue weighted by molar-refractivity contribution is 5.35. The lowest BCUT2D eigenvalue weighted by atomic mass is 10.2. The van der Waals surface area contributed by atoms with E-state index < -0.39 is 0 Å². The molecular weight excluding hydrogens is 314 g/mol. The van der Waals surface area contributed by atoms with Crippen molar-refractivity contribution in [1.29, 1.82) is 0 Å². The van der Waals surface area contributed by atoms with Gasteiger partial charge in [0.25, 0.3) is 0 Å². The third-order valence-electron chi connectivity index (χ3n) is 4.44. The number of ether oxygens (including phenoxy) is 1. The van der Waals surface area contributed by atoms with Crippen molar-refractivity contribution in [2.75, 3.05) is 31.6 Å². The molecule has 3 heterocycles. The Morgan fingerprint density at radius 2 is 2.20 bits per heavy atom. The normalized spacial score (nSPS) is 18.4. The molecule has 6 nitrogen and oxygen atoms in total. The van der Waals surface area contributed by atoms with Gasteiger partial charge in [0.05, 0.1) is 18.8 Å². The summed E-state index contributed by atoms with van der Waals surface area (Å²) >= 11 is 0. The number of rotatable bonds is 8. The first kappa shape index (κ1) is 17.9. The lowest BCUT2D eigenvalue weighted by Crippen LogP contribution is -2.38. The van der Waals surface area contributed by atoms with Crippen LogP contribution in [0.4, 0.5) is 5.82 Å². The smallest absolute Gasteiger partial charge is 0.126 e. The highest BCUT2D eigenvalue weighted by Gasteiger charge is 2.24. The van der Waals surface area contributed by atoms with Gasteiger partial charge in [-0.2, -0.15) is 0 Å². The molecule has 0 aromatic carbocycles. The highest BCUT2D eigenvalue weighted by atomic mass is 16.5. The molecule has 1 fully saturated rings. The summed E-state index contributed by atoms with van der Waals surface area (Å²) in [5.41, 5.74) is 1.00. The Morgan fingerprint density at radius 1 is 1.28 bits per heavy atom. The first-order valence-corrected chi connectivity index (χ1v) is 9.35. The molecule has 1 saturated heterocycles. The molecule has 1 N–H and O–H groups in total. The van der Waals surface area contributed by atoms with E-state index in [0.717, 1.165) is 69.5 Å². The van der Waals surface area contributed by atoms with Gasteiger partial charge in [-0.05, 0) is 25.0 Å². The molecule has 0 radical (unpaired) electrons. The first-order valence-electron chi connectivity index (χ1n) is 9.35. The van der Waals surface area contributed by atoms with E-state index in [1.807, 2.05) is 12.3 Å². The second-order valence-electron chi connectivity index (χ2n) is 6.51. The molecule has 1 unspecified atom stereocenters. The summed E-state index contributed by atoms with van der Waals surface area (Å²) in [5.74, 6) is 2.06. The maximum Gasteiger partial charge on any atom is 0.126 e. The zero-order valence-corrected chi connectivity index (χ0v) is 15.3. The quantitative estimate of drug-likeness (QED) is 0.798. The van der Waals surface area contributed by atoms with E-state index in [9.17, 15) is 0 Å². The van der Waals surface area contributed by atoms with Gasteiger partial charge in [-0.1, -0.05) is 19.9 Å². The van der Waals surface area contributed by atoms with E-state index in [1.165, 1.54) is 0 Å². The van der Waals surface area contributed by atoms with Crippen LogP contribution in [0.25, 0.3) is 0 Å². The van der Waals surface area contributed by atoms with Crippen molar-refractivity contribution in [2.45, 2.75) is 45.9 Å². The molecule has 0 amide bonds. The van der Waals surface area contributed by atoms with Gasteiger partial charge >= 0.3 is 0 Å². The molecule has 6 heteroatoms. The van der Waals surface area contributed by atoms with Crippen LogP contribution in [0.15, 0.2) is 30.6 Å². The van der Waals surface area contributed by atoms with Crippen LogP contribution in [0.3, 0.4) is 0 Å². The third kappa shape index (κ3) is 4.80. The van der Waals surface area contributed by atoms with Gasteiger partial charge in [-0.15, -0.1) is 0 Å². The number of pyridine rings is 1. The minimum absolute atomic E-state index is 0.0201. The molecule has 136 valence electrons. The van der Waals surface area contributed by atoms with Crippen LogP contribution < -0.4 is 5.32 Å². The fourth-order valence-electron chi connectivity index (χ4n) is 3.14. The number of hydrogen-bond donors (Lipinski definition) is 1. The summed E-state index contributed by atoms with van der Waals surface area (Å²) in [5, 5.41) is 3.35. The molecule has 0 bridgehead atoms. The number of morpholine rings is 1. The van der Waals surface area contributed by atoms with Gasteiger partial charge in [-0.25, -0.2) is 9.97 Å². The maximum absolute atomic E-state index is 5.99. The summed E-state index contributed by atoms with van der Waals surface area (Å²) in [7, 11) is 0. The van der Waals surface area contributed by atoms with Crippen LogP contribution in [0.5, 0.6) is 0 Å². The molecule has 1 atom stereocenters.